The van der Waals surface area contributed by atoms with Crippen LogP contribution in [0.4, 0.5) is 17.5 Å². The molecule has 35 heavy (non-hydrogen) atoms. The molecule has 0 radical (unpaired) electrons. The molecule has 0 spiro atoms. The molecule has 3 heterocycles. The van der Waals surface area contributed by atoms with Gasteiger partial charge in [0.1, 0.15) is 18.2 Å². The number of benzene rings is 1. The molecule has 2 fully saturated rings. The minimum absolute atomic E-state index is 0.219. The topological polar surface area (TPSA) is 142 Å². The lowest BCUT2D eigenvalue weighted by Gasteiger charge is -2.33. The van der Waals surface area contributed by atoms with E-state index < -0.39 is 0 Å². The van der Waals surface area contributed by atoms with Gasteiger partial charge in [-0.3, -0.25) is 9.80 Å². The lowest BCUT2D eigenvalue weighted by molar-refractivity contribution is 0.191. The number of nitriles is 1. The van der Waals surface area contributed by atoms with Crippen LogP contribution in [-0.2, 0) is 6.54 Å². The summed E-state index contributed by atoms with van der Waals surface area (Å²) in [5, 5.41) is 23.5. The van der Waals surface area contributed by atoms with Crippen molar-refractivity contribution in [3.63, 3.8) is 0 Å². The van der Waals surface area contributed by atoms with Gasteiger partial charge in [-0.2, -0.15) is 10.2 Å². The van der Waals surface area contributed by atoms with Gasteiger partial charge in [0.25, 0.3) is 0 Å². The van der Waals surface area contributed by atoms with E-state index >= 15 is 0 Å². The largest absolute Gasteiger partial charge is 0.492 e. The van der Waals surface area contributed by atoms with E-state index in [0.29, 0.717) is 36.2 Å². The van der Waals surface area contributed by atoms with E-state index in [1.165, 1.54) is 6.21 Å². The van der Waals surface area contributed by atoms with Crippen molar-refractivity contribution in [3.8, 4) is 11.8 Å². The Morgan fingerprint density at radius 1 is 1.09 bits per heavy atom. The van der Waals surface area contributed by atoms with Crippen molar-refractivity contribution in [2.75, 3.05) is 82.3 Å². The van der Waals surface area contributed by atoms with Gasteiger partial charge in [-0.15, -0.1) is 0 Å². The highest BCUT2D eigenvalue weighted by atomic mass is 16.5. The van der Waals surface area contributed by atoms with E-state index in [4.69, 9.17) is 26.1 Å². The highest BCUT2D eigenvalue weighted by molar-refractivity contribution is 5.80. The zero-order valence-corrected chi connectivity index (χ0v) is 20.0. The molecule has 11 nitrogen and oxygen atoms in total. The second-order valence-electron chi connectivity index (χ2n) is 8.60. The van der Waals surface area contributed by atoms with Crippen molar-refractivity contribution in [3.05, 3.63) is 35.5 Å². The number of hydrogen-bond acceptors (Lipinski definition) is 11. The summed E-state index contributed by atoms with van der Waals surface area (Å²) >= 11 is 0. The maximum absolute atomic E-state index is 8.93. The Labute approximate surface area is 206 Å². The first-order chi connectivity index (χ1) is 17.2. The van der Waals surface area contributed by atoms with Crippen LogP contribution >= 0.6 is 0 Å². The van der Waals surface area contributed by atoms with Gasteiger partial charge >= 0.3 is 0 Å². The third-order valence-corrected chi connectivity index (χ3v) is 6.32. The smallest absolute Gasteiger partial charge is 0.228 e. The SMILES string of the molecule is N#CCN1CCN(c2nc(C=N)c(CN)c(Nc3ccc(OCCN4CCNCC4)cc3)n2)CC1. The van der Waals surface area contributed by atoms with Crippen LogP contribution in [0.5, 0.6) is 5.75 Å². The highest BCUT2D eigenvalue weighted by Crippen LogP contribution is 2.25. The lowest BCUT2D eigenvalue weighted by atomic mass is 10.2. The molecular weight excluding hydrogens is 444 g/mol. The number of nitrogens with one attached hydrogen (secondary N) is 3. The Bertz CT molecular complexity index is 1010. The molecule has 186 valence electrons. The van der Waals surface area contributed by atoms with Crippen LogP contribution in [0.1, 0.15) is 11.3 Å². The van der Waals surface area contributed by atoms with Gasteiger partial charge in [0.05, 0.1) is 18.3 Å². The molecule has 2 saturated heterocycles. The van der Waals surface area contributed by atoms with Gasteiger partial charge in [0.2, 0.25) is 5.95 Å². The van der Waals surface area contributed by atoms with Gasteiger partial charge in [0.15, 0.2) is 0 Å². The molecular formula is C24H34N10O. The highest BCUT2D eigenvalue weighted by Gasteiger charge is 2.21. The van der Waals surface area contributed by atoms with Crippen molar-refractivity contribution in [1.82, 2.24) is 25.1 Å². The summed E-state index contributed by atoms with van der Waals surface area (Å²) < 4.78 is 5.92. The Morgan fingerprint density at radius 2 is 1.83 bits per heavy atom. The maximum atomic E-state index is 8.93. The fourth-order valence-corrected chi connectivity index (χ4v) is 4.26. The van der Waals surface area contributed by atoms with Crippen LogP contribution in [-0.4, -0.2) is 98.0 Å². The van der Waals surface area contributed by atoms with Crippen molar-refractivity contribution in [2.24, 2.45) is 5.73 Å². The standard InChI is InChI=1S/C24H34N10O/c25-5-8-32-11-13-34(14-12-32)24-30-22(18-27)21(17-26)23(31-24)29-19-1-3-20(4-2-19)35-16-15-33-9-6-28-7-10-33/h1-4,18,27-28H,6-17,26H2,(H,29,30,31). The first kappa shape index (κ1) is 24.8. The van der Waals surface area contributed by atoms with E-state index in [-0.39, 0.29) is 6.54 Å². The van der Waals surface area contributed by atoms with Gasteiger partial charge in [-0.05, 0) is 24.3 Å². The normalized spacial score (nSPS) is 17.1. The number of ether oxygens (including phenoxy) is 1. The van der Waals surface area contributed by atoms with Gasteiger partial charge < -0.3 is 31.4 Å². The molecule has 11 heteroatoms. The minimum Gasteiger partial charge on any atom is -0.492 e. The molecule has 0 atom stereocenters. The minimum atomic E-state index is 0.219. The summed E-state index contributed by atoms with van der Waals surface area (Å²) in [6.07, 6.45) is 1.22. The van der Waals surface area contributed by atoms with E-state index in [2.05, 4.69) is 36.4 Å². The average molecular weight is 479 g/mol. The Hall–Kier alpha value is -3.30. The van der Waals surface area contributed by atoms with Crippen LogP contribution in [0.3, 0.4) is 0 Å². The number of nitrogens with zero attached hydrogens (tertiary/aromatic N) is 6. The van der Waals surface area contributed by atoms with Crippen molar-refractivity contribution in [1.29, 1.82) is 10.7 Å². The third kappa shape index (κ3) is 6.64. The Balaban J connectivity index is 1.41. The van der Waals surface area contributed by atoms with E-state index in [9.17, 15) is 0 Å². The number of nitrogens with two attached hydrogens (primary N) is 1. The molecule has 2 aromatic rings. The Kier molecular flexibility index (Phi) is 8.80. The van der Waals surface area contributed by atoms with Gasteiger partial charge in [-0.25, -0.2) is 4.98 Å². The molecule has 1 aromatic heterocycles. The summed E-state index contributed by atoms with van der Waals surface area (Å²) in [5.41, 5.74) is 8.06. The number of hydrogen-bond donors (Lipinski definition) is 4. The molecule has 1 aromatic carbocycles. The fourth-order valence-electron chi connectivity index (χ4n) is 4.26. The number of rotatable bonds is 10. The zero-order chi connectivity index (χ0) is 24.5. The monoisotopic (exact) mass is 478 g/mol. The predicted molar refractivity (Wildman–Crippen MR) is 137 cm³/mol. The predicted octanol–water partition coefficient (Wildman–Crippen LogP) is 0.606. The molecule has 2 aliphatic rings. The van der Waals surface area contributed by atoms with E-state index in [1.54, 1.807) is 0 Å². The molecule has 2 aliphatic heterocycles. The molecule has 0 unspecified atom stereocenters. The van der Waals surface area contributed by atoms with Gasteiger partial charge in [0, 0.05) is 82.9 Å². The van der Waals surface area contributed by atoms with Crippen LogP contribution < -0.4 is 26.0 Å². The van der Waals surface area contributed by atoms with Crippen LogP contribution in [0.2, 0.25) is 0 Å². The molecule has 0 bridgehead atoms. The van der Waals surface area contributed by atoms with Crippen LogP contribution in [0, 0.1) is 16.7 Å². The fraction of sp³-hybridized carbons (Fsp3) is 0.500. The van der Waals surface area contributed by atoms with Crippen molar-refractivity contribution in [2.45, 2.75) is 6.54 Å². The Morgan fingerprint density at radius 3 is 2.49 bits per heavy atom. The number of piperazine rings is 2. The first-order valence-corrected chi connectivity index (χ1v) is 12.1. The molecule has 0 saturated carbocycles. The maximum Gasteiger partial charge on any atom is 0.228 e. The average Bonchev–Trinajstić information content (AvgIpc) is 2.90. The summed E-state index contributed by atoms with van der Waals surface area (Å²) in [5.74, 6) is 1.99. The quantitative estimate of drug-likeness (QED) is 0.283. The second-order valence-corrected chi connectivity index (χ2v) is 8.60. The summed E-state index contributed by atoms with van der Waals surface area (Å²) in [7, 11) is 0. The second kappa shape index (κ2) is 12.4. The molecule has 0 amide bonds. The van der Waals surface area contributed by atoms with E-state index in [1.807, 2.05) is 24.3 Å². The molecule has 4 rings (SSSR count). The summed E-state index contributed by atoms with van der Waals surface area (Å²) in [6.45, 7) is 9.40. The lowest BCUT2D eigenvalue weighted by Crippen LogP contribution is -2.47. The van der Waals surface area contributed by atoms with Crippen molar-refractivity contribution < 1.29 is 4.74 Å². The van der Waals surface area contributed by atoms with Crippen LogP contribution in [0.25, 0.3) is 0 Å². The first-order valence-electron chi connectivity index (χ1n) is 12.1. The van der Waals surface area contributed by atoms with E-state index in [0.717, 1.165) is 70.3 Å². The summed E-state index contributed by atoms with van der Waals surface area (Å²) in [4.78, 5) is 15.9. The van der Waals surface area contributed by atoms with Crippen molar-refractivity contribution >= 4 is 23.7 Å². The summed E-state index contributed by atoms with van der Waals surface area (Å²) in [6, 6.07) is 9.99. The number of anilines is 3. The molecule has 0 aliphatic carbocycles. The molecule has 5 N–H and O–H groups in total. The third-order valence-electron chi connectivity index (χ3n) is 6.32. The number of aromatic nitrogens is 2. The van der Waals surface area contributed by atoms with Crippen LogP contribution in [0.15, 0.2) is 24.3 Å². The van der Waals surface area contributed by atoms with Gasteiger partial charge in [-0.1, -0.05) is 0 Å². The zero-order valence-electron chi connectivity index (χ0n) is 20.0.